The van der Waals surface area contributed by atoms with Crippen LogP contribution in [0.3, 0.4) is 0 Å². The third-order valence-electron chi connectivity index (χ3n) is 6.52. The molecule has 10 heteroatoms. The summed E-state index contributed by atoms with van der Waals surface area (Å²) in [4.78, 5) is 29.2. The van der Waals surface area contributed by atoms with E-state index in [2.05, 4.69) is 5.32 Å². The molecule has 0 aromatic heterocycles. The lowest BCUT2D eigenvalue weighted by atomic mass is 10.00. The molecule has 3 rings (SSSR count). The second kappa shape index (κ2) is 14.3. The second-order valence-electron chi connectivity index (χ2n) is 11.2. The summed E-state index contributed by atoms with van der Waals surface area (Å²) >= 11 is 0. The number of ether oxygens (including phenoxy) is 1. The molecule has 0 fully saturated rings. The van der Waals surface area contributed by atoms with E-state index in [1.807, 2.05) is 69.3 Å². The molecular formula is C32H40FN3O5S. The molecule has 8 nitrogen and oxygen atoms in total. The van der Waals surface area contributed by atoms with Crippen LogP contribution in [0.1, 0.15) is 44.7 Å². The van der Waals surface area contributed by atoms with Gasteiger partial charge in [-0.1, -0.05) is 42.5 Å². The second-order valence-corrected chi connectivity index (χ2v) is 13.1. The van der Waals surface area contributed by atoms with Crippen LogP contribution in [0, 0.1) is 5.82 Å². The number of hydrogen-bond donors (Lipinski definition) is 1. The Kier molecular flexibility index (Phi) is 11.1. The van der Waals surface area contributed by atoms with E-state index in [1.165, 1.54) is 24.3 Å². The standard InChI is InChI=1S/C32H40FN3O5S/c1-32(2,3)34-31(38)29(22-24-11-7-6-8-12-24)35(23-25-13-9-14-28(21-25)41-4)30(37)15-10-20-36(42(5,39)40)27-18-16-26(33)17-19-27/h6-9,11-14,16-19,21,29H,10,15,20,22-23H2,1-5H3,(H,34,38). The molecule has 0 aliphatic rings. The molecule has 0 saturated carbocycles. The van der Waals surface area contributed by atoms with Crippen molar-refractivity contribution in [1.29, 1.82) is 0 Å². The summed E-state index contributed by atoms with van der Waals surface area (Å²) < 4.78 is 45.1. The molecule has 0 aliphatic heterocycles. The van der Waals surface area contributed by atoms with Gasteiger partial charge in [-0.2, -0.15) is 0 Å². The normalized spacial score (nSPS) is 12.3. The SMILES string of the molecule is COc1cccc(CN(C(=O)CCCN(c2ccc(F)cc2)S(C)(=O)=O)C(Cc2ccccc2)C(=O)NC(C)(C)C)c1. The predicted molar refractivity (Wildman–Crippen MR) is 163 cm³/mol. The number of carbonyl (C=O) groups excluding carboxylic acids is 2. The smallest absolute Gasteiger partial charge is 0.243 e. The van der Waals surface area contributed by atoms with Crippen LogP contribution in [0.15, 0.2) is 78.9 Å². The fraction of sp³-hybridized carbons (Fsp3) is 0.375. The number of anilines is 1. The lowest BCUT2D eigenvalue weighted by molar-refractivity contribution is -0.142. The number of nitrogens with one attached hydrogen (secondary N) is 1. The van der Waals surface area contributed by atoms with Gasteiger partial charge < -0.3 is 15.0 Å². The van der Waals surface area contributed by atoms with E-state index in [0.717, 1.165) is 21.7 Å². The Morgan fingerprint density at radius 1 is 0.952 bits per heavy atom. The van der Waals surface area contributed by atoms with Gasteiger partial charge in [-0.15, -0.1) is 0 Å². The highest BCUT2D eigenvalue weighted by Crippen LogP contribution is 2.22. The molecule has 0 bridgehead atoms. The maximum Gasteiger partial charge on any atom is 0.243 e. The summed E-state index contributed by atoms with van der Waals surface area (Å²) in [5, 5.41) is 3.03. The molecular weight excluding hydrogens is 557 g/mol. The van der Waals surface area contributed by atoms with E-state index in [9.17, 15) is 22.4 Å². The zero-order valence-corrected chi connectivity index (χ0v) is 25.7. The molecule has 226 valence electrons. The monoisotopic (exact) mass is 597 g/mol. The zero-order valence-electron chi connectivity index (χ0n) is 24.8. The molecule has 2 amide bonds. The van der Waals surface area contributed by atoms with Crippen LogP contribution in [-0.4, -0.2) is 56.6 Å². The van der Waals surface area contributed by atoms with Gasteiger partial charge in [0.1, 0.15) is 17.6 Å². The van der Waals surface area contributed by atoms with Gasteiger partial charge in [0.25, 0.3) is 0 Å². The van der Waals surface area contributed by atoms with Crippen LogP contribution >= 0.6 is 0 Å². The minimum atomic E-state index is -3.69. The molecule has 0 heterocycles. The van der Waals surface area contributed by atoms with Crippen molar-refractivity contribution in [3.05, 3.63) is 95.8 Å². The third kappa shape index (κ3) is 9.87. The molecule has 3 aromatic carbocycles. The molecule has 42 heavy (non-hydrogen) atoms. The van der Waals surface area contributed by atoms with Gasteiger partial charge in [-0.05, 0) is 74.7 Å². The number of hydrogen-bond acceptors (Lipinski definition) is 5. The first-order chi connectivity index (χ1) is 19.8. The van der Waals surface area contributed by atoms with E-state index >= 15 is 0 Å². The first kappa shape index (κ1) is 32.6. The summed E-state index contributed by atoms with van der Waals surface area (Å²) in [5.74, 6) is -0.433. The molecule has 0 saturated heterocycles. The van der Waals surface area contributed by atoms with Gasteiger partial charge in [-0.25, -0.2) is 12.8 Å². The molecule has 1 unspecified atom stereocenters. The van der Waals surface area contributed by atoms with Gasteiger partial charge in [0, 0.05) is 31.5 Å². The largest absolute Gasteiger partial charge is 0.497 e. The molecule has 1 N–H and O–H groups in total. The van der Waals surface area contributed by atoms with Gasteiger partial charge in [0.05, 0.1) is 19.1 Å². The lowest BCUT2D eigenvalue weighted by Gasteiger charge is -2.34. The molecule has 3 aromatic rings. The quantitative estimate of drug-likeness (QED) is 0.301. The van der Waals surface area contributed by atoms with E-state index in [-0.39, 0.29) is 37.7 Å². The van der Waals surface area contributed by atoms with Gasteiger partial charge >= 0.3 is 0 Å². The topological polar surface area (TPSA) is 96.0 Å². The number of benzene rings is 3. The number of sulfonamides is 1. The predicted octanol–water partition coefficient (Wildman–Crippen LogP) is 4.94. The van der Waals surface area contributed by atoms with E-state index in [1.54, 1.807) is 18.1 Å². The van der Waals surface area contributed by atoms with Gasteiger partial charge in [-0.3, -0.25) is 13.9 Å². The highest BCUT2D eigenvalue weighted by atomic mass is 32.2. The lowest BCUT2D eigenvalue weighted by Crippen LogP contribution is -2.54. The number of methoxy groups -OCH3 is 1. The van der Waals surface area contributed by atoms with Crippen molar-refractivity contribution in [3.63, 3.8) is 0 Å². The van der Waals surface area contributed by atoms with Crippen molar-refractivity contribution in [2.75, 3.05) is 24.2 Å². The van der Waals surface area contributed by atoms with Crippen LogP contribution in [0.4, 0.5) is 10.1 Å². The number of carbonyl (C=O) groups is 2. The van der Waals surface area contributed by atoms with Crippen LogP contribution in [0.2, 0.25) is 0 Å². The van der Waals surface area contributed by atoms with Crippen molar-refractivity contribution in [3.8, 4) is 5.75 Å². The minimum absolute atomic E-state index is 0.00866. The zero-order chi connectivity index (χ0) is 30.9. The van der Waals surface area contributed by atoms with Crippen molar-refractivity contribution in [2.45, 2.75) is 58.2 Å². The highest BCUT2D eigenvalue weighted by Gasteiger charge is 2.32. The number of rotatable bonds is 13. The molecule has 0 spiro atoms. The first-order valence-corrected chi connectivity index (χ1v) is 15.6. The maximum absolute atomic E-state index is 13.9. The van der Waals surface area contributed by atoms with Gasteiger partial charge in [0.15, 0.2) is 0 Å². The first-order valence-electron chi connectivity index (χ1n) is 13.8. The number of nitrogens with zero attached hydrogens (tertiary/aromatic N) is 2. The van der Waals surface area contributed by atoms with Crippen LogP contribution in [0.25, 0.3) is 0 Å². The molecule has 0 radical (unpaired) electrons. The highest BCUT2D eigenvalue weighted by molar-refractivity contribution is 7.92. The Hall–Kier alpha value is -3.92. The van der Waals surface area contributed by atoms with Crippen LogP contribution in [-0.2, 0) is 32.6 Å². The fourth-order valence-electron chi connectivity index (χ4n) is 4.59. The Bertz CT molecular complexity index is 1440. The molecule has 0 aliphatic carbocycles. The van der Waals surface area contributed by atoms with Crippen molar-refractivity contribution >= 4 is 27.5 Å². The number of halogens is 1. The van der Waals surface area contributed by atoms with Gasteiger partial charge in [0.2, 0.25) is 21.8 Å². The summed E-state index contributed by atoms with van der Waals surface area (Å²) in [6.45, 7) is 5.81. The summed E-state index contributed by atoms with van der Waals surface area (Å²) in [7, 11) is -2.13. The number of amides is 2. The average Bonchev–Trinajstić information content (AvgIpc) is 2.92. The van der Waals surface area contributed by atoms with E-state index in [4.69, 9.17) is 4.74 Å². The van der Waals surface area contributed by atoms with E-state index in [0.29, 0.717) is 17.9 Å². The summed E-state index contributed by atoms with van der Waals surface area (Å²) in [6, 6.07) is 21.1. The summed E-state index contributed by atoms with van der Waals surface area (Å²) in [6.07, 6.45) is 1.55. The van der Waals surface area contributed by atoms with Crippen LogP contribution < -0.4 is 14.4 Å². The minimum Gasteiger partial charge on any atom is -0.497 e. The maximum atomic E-state index is 13.9. The van der Waals surface area contributed by atoms with Crippen LogP contribution in [0.5, 0.6) is 5.75 Å². The Labute approximate surface area is 248 Å². The van der Waals surface area contributed by atoms with Crippen molar-refractivity contribution in [1.82, 2.24) is 10.2 Å². The van der Waals surface area contributed by atoms with Crippen molar-refractivity contribution in [2.24, 2.45) is 0 Å². The third-order valence-corrected chi connectivity index (χ3v) is 7.72. The average molecular weight is 598 g/mol. The molecule has 1 atom stereocenters. The Morgan fingerprint density at radius 2 is 1.60 bits per heavy atom. The van der Waals surface area contributed by atoms with Crippen molar-refractivity contribution < 1.29 is 27.1 Å². The summed E-state index contributed by atoms with van der Waals surface area (Å²) in [5.41, 5.74) is 1.47. The van der Waals surface area contributed by atoms with E-state index < -0.39 is 27.4 Å². The Balaban J connectivity index is 1.91. The fourth-order valence-corrected chi connectivity index (χ4v) is 5.55. The Morgan fingerprint density at radius 3 is 2.19 bits per heavy atom.